The van der Waals surface area contributed by atoms with Crippen LogP contribution in [0.5, 0.6) is 5.75 Å². The minimum absolute atomic E-state index is 0.0256. The van der Waals surface area contributed by atoms with Crippen molar-refractivity contribution in [1.82, 2.24) is 10.6 Å². The molecule has 0 radical (unpaired) electrons. The Morgan fingerprint density at radius 3 is 2.34 bits per heavy atom. The molecule has 0 heterocycles. The van der Waals surface area contributed by atoms with Crippen molar-refractivity contribution in [2.45, 2.75) is 51.3 Å². The van der Waals surface area contributed by atoms with Crippen LogP contribution in [0.15, 0.2) is 54.6 Å². The van der Waals surface area contributed by atoms with Gasteiger partial charge in [0.15, 0.2) is 0 Å². The number of carbonyl (C=O) groups is 1. The van der Waals surface area contributed by atoms with E-state index in [-0.39, 0.29) is 30.3 Å². The molecule has 1 aliphatic rings. The van der Waals surface area contributed by atoms with Crippen LogP contribution in [0.3, 0.4) is 0 Å². The molecule has 0 unspecified atom stereocenters. The number of carbonyl (C=O) groups excluding carboxylic acids is 1. The van der Waals surface area contributed by atoms with Crippen molar-refractivity contribution in [3.63, 3.8) is 0 Å². The van der Waals surface area contributed by atoms with Crippen molar-refractivity contribution < 1.29 is 18.3 Å². The Balaban J connectivity index is 1.67. The van der Waals surface area contributed by atoms with Gasteiger partial charge in [0.2, 0.25) is 5.91 Å². The Hall–Kier alpha value is -2.47. The first kappa shape index (κ1) is 21.2. The Bertz CT molecular complexity index is 768. The molecule has 2 N–H and O–H groups in total. The maximum atomic E-state index is 12.5. The highest BCUT2D eigenvalue weighted by molar-refractivity contribution is 5.78. The second kappa shape index (κ2) is 10.3. The zero-order valence-corrected chi connectivity index (χ0v) is 16.6. The first-order valence-electron chi connectivity index (χ1n) is 10.2. The topological polar surface area (TPSA) is 50.4 Å². The maximum absolute atomic E-state index is 12.5. The molecule has 4 nitrogen and oxygen atoms in total. The van der Waals surface area contributed by atoms with Crippen molar-refractivity contribution in [3.8, 4) is 5.75 Å². The Morgan fingerprint density at radius 2 is 1.69 bits per heavy atom. The molecular formula is C23H28F2N2O2. The van der Waals surface area contributed by atoms with Crippen LogP contribution >= 0.6 is 0 Å². The van der Waals surface area contributed by atoms with Crippen molar-refractivity contribution in [2.24, 2.45) is 5.92 Å². The molecule has 1 saturated carbocycles. The molecule has 0 saturated heterocycles. The normalized spacial score (nSPS) is 20.3. The Kier molecular flexibility index (Phi) is 7.58. The molecule has 29 heavy (non-hydrogen) atoms. The molecule has 3 rings (SSSR count). The number of hydrogen-bond donors (Lipinski definition) is 2. The maximum Gasteiger partial charge on any atom is 0.387 e. The number of halogens is 2. The van der Waals surface area contributed by atoms with Crippen LogP contribution in [-0.2, 0) is 4.79 Å². The van der Waals surface area contributed by atoms with Gasteiger partial charge in [0.25, 0.3) is 0 Å². The van der Waals surface area contributed by atoms with Crippen LogP contribution in [0.25, 0.3) is 0 Å². The van der Waals surface area contributed by atoms with Gasteiger partial charge in [-0.2, -0.15) is 8.78 Å². The highest BCUT2D eigenvalue weighted by atomic mass is 19.3. The molecule has 3 atom stereocenters. The molecule has 2 aromatic rings. The molecule has 2 aromatic carbocycles. The van der Waals surface area contributed by atoms with E-state index in [1.54, 1.807) is 12.1 Å². The van der Waals surface area contributed by atoms with E-state index in [2.05, 4.69) is 22.3 Å². The summed E-state index contributed by atoms with van der Waals surface area (Å²) >= 11 is 0. The molecular weight excluding hydrogens is 374 g/mol. The third kappa shape index (κ3) is 6.26. The second-order valence-electron chi connectivity index (χ2n) is 7.61. The Morgan fingerprint density at radius 1 is 1.03 bits per heavy atom. The van der Waals surface area contributed by atoms with Gasteiger partial charge in [-0.05, 0) is 42.0 Å². The van der Waals surface area contributed by atoms with Gasteiger partial charge in [-0.15, -0.1) is 0 Å². The summed E-state index contributed by atoms with van der Waals surface area (Å²) in [7, 11) is 0. The quantitative estimate of drug-likeness (QED) is 0.675. The lowest BCUT2D eigenvalue weighted by Crippen LogP contribution is -2.45. The summed E-state index contributed by atoms with van der Waals surface area (Å²) in [4.78, 5) is 12.5. The van der Waals surface area contributed by atoms with Gasteiger partial charge in [-0.1, -0.05) is 62.2 Å². The van der Waals surface area contributed by atoms with Crippen molar-refractivity contribution in [2.75, 3.05) is 6.54 Å². The van der Waals surface area contributed by atoms with Crippen LogP contribution in [0, 0.1) is 5.92 Å². The summed E-state index contributed by atoms with van der Waals surface area (Å²) in [6.45, 7) is -0.486. The highest BCUT2D eigenvalue weighted by Crippen LogP contribution is 2.25. The van der Waals surface area contributed by atoms with Crippen LogP contribution in [-0.4, -0.2) is 25.1 Å². The zero-order valence-electron chi connectivity index (χ0n) is 16.6. The van der Waals surface area contributed by atoms with Crippen molar-refractivity contribution >= 4 is 5.91 Å². The van der Waals surface area contributed by atoms with E-state index < -0.39 is 6.61 Å². The summed E-state index contributed by atoms with van der Waals surface area (Å²) < 4.78 is 29.2. The minimum atomic E-state index is -2.85. The molecule has 0 bridgehead atoms. The molecule has 1 amide bonds. The molecule has 1 aliphatic carbocycles. The summed E-state index contributed by atoms with van der Waals surface area (Å²) in [5.41, 5.74) is 1.87. The summed E-state index contributed by atoms with van der Waals surface area (Å²) in [6, 6.07) is 16.3. The van der Waals surface area contributed by atoms with Gasteiger partial charge in [0, 0.05) is 6.04 Å². The number of nitrogens with one attached hydrogen (secondary N) is 2. The lowest BCUT2D eigenvalue weighted by Gasteiger charge is -2.30. The van der Waals surface area contributed by atoms with E-state index in [9.17, 15) is 13.6 Å². The predicted molar refractivity (Wildman–Crippen MR) is 109 cm³/mol. The van der Waals surface area contributed by atoms with E-state index in [1.807, 2.05) is 30.3 Å². The molecule has 6 heteroatoms. The number of rotatable bonds is 8. The van der Waals surface area contributed by atoms with E-state index in [4.69, 9.17) is 0 Å². The smallest absolute Gasteiger partial charge is 0.387 e. The summed E-state index contributed by atoms with van der Waals surface area (Å²) in [5, 5.41) is 6.47. The molecule has 0 aromatic heterocycles. The van der Waals surface area contributed by atoms with E-state index in [0.29, 0.717) is 5.92 Å². The van der Waals surface area contributed by atoms with Gasteiger partial charge in [0.05, 0.1) is 12.6 Å². The summed E-state index contributed by atoms with van der Waals surface area (Å²) in [6.07, 6.45) is 4.56. The van der Waals surface area contributed by atoms with Crippen molar-refractivity contribution in [3.05, 3.63) is 65.7 Å². The fraction of sp³-hybridized carbons (Fsp3) is 0.435. The largest absolute Gasteiger partial charge is 0.435 e. The lowest BCUT2D eigenvalue weighted by molar-refractivity contribution is -0.121. The first-order valence-corrected chi connectivity index (χ1v) is 10.2. The van der Waals surface area contributed by atoms with Crippen LogP contribution in [0.2, 0.25) is 0 Å². The molecule has 0 spiro atoms. The standard InChI is InChI=1S/C23H28F2N2O2/c1-16-7-5-6-10-20(16)27-21(28)15-26-22(17-8-3-2-4-9-17)18-11-13-19(14-12-18)29-23(24)25/h2-4,8-9,11-14,16,20,22-23,26H,5-7,10,15H2,1H3,(H,27,28)/t16-,20-,22+/m1/s1. The monoisotopic (exact) mass is 402 g/mol. The Labute approximate surface area is 170 Å². The van der Waals surface area contributed by atoms with E-state index >= 15 is 0 Å². The van der Waals surface area contributed by atoms with Gasteiger partial charge in [-0.25, -0.2) is 0 Å². The van der Waals surface area contributed by atoms with Crippen LogP contribution in [0.4, 0.5) is 8.78 Å². The average Bonchev–Trinajstić information content (AvgIpc) is 2.71. The summed E-state index contributed by atoms with van der Waals surface area (Å²) in [5.74, 6) is 0.585. The van der Waals surface area contributed by atoms with Gasteiger partial charge in [0.1, 0.15) is 5.75 Å². The van der Waals surface area contributed by atoms with Crippen LogP contribution in [0.1, 0.15) is 49.8 Å². The average molecular weight is 402 g/mol. The number of hydrogen-bond acceptors (Lipinski definition) is 3. The molecule has 156 valence electrons. The van der Waals surface area contributed by atoms with E-state index in [1.165, 1.54) is 18.6 Å². The van der Waals surface area contributed by atoms with Crippen LogP contribution < -0.4 is 15.4 Å². The van der Waals surface area contributed by atoms with Crippen molar-refractivity contribution in [1.29, 1.82) is 0 Å². The SMILES string of the molecule is C[C@@H]1CCCC[C@H]1NC(=O)CN[C@@H](c1ccccc1)c1ccc(OC(F)F)cc1. The number of ether oxygens (including phenoxy) is 1. The third-order valence-electron chi connectivity index (χ3n) is 5.50. The number of benzene rings is 2. The minimum Gasteiger partial charge on any atom is -0.435 e. The lowest BCUT2D eigenvalue weighted by atomic mass is 9.86. The number of amides is 1. The molecule has 0 aliphatic heterocycles. The molecule has 1 fully saturated rings. The van der Waals surface area contributed by atoms with Gasteiger partial charge >= 0.3 is 6.61 Å². The predicted octanol–water partition coefficient (Wildman–Crippen LogP) is 4.66. The fourth-order valence-electron chi connectivity index (χ4n) is 3.90. The second-order valence-corrected chi connectivity index (χ2v) is 7.61. The number of alkyl halides is 2. The fourth-order valence-corrected chi connectivity index (χ4v) is 3.90. The van der Waals surface area contributed by atoms with Gasteiger partial charge in [-0.3, -0.25) is 10.1 Å². The zero-order chi connectivity index (χ0) is 20.6. The third-order valence-corrected chi connectivity index (χ3v) is 5.50. The first-order chi connectivity index (χ1) is 14.0. The van der Waals surface area contributed by atoms with Gasteiger partial charge < -0.3 is 10.1 Å². The highest BCUT2D eigenvalue weighted by Gasteiger charge is 2.23. The van der Waals surface area contributed by atoms with E-state index in [0.717, 1.165) is 30.4 Å².